The summed E-state index contributed by atoms with van der Waals surface area (Å²) in [6.45, 7) is 6.22. The van der Waals surface area contributed by atoms with Crippen molar-refractivity contribution in [2.24, 2.45) is 0 Å². The molecule has 0 aliphatic rings. The molecule has 0 bridgehead atoms. The first-order valence-electron chi connectivity index (χ1n) is 5.09. The Kier molecular flexibility index (Phi) is 4.51. The van der Waals surface area contributed by atoms with Crippen LogP contribution in [0.4, 0.5) is 0 Å². The molecule has 0 aromatic carbocycles. The molecule has 0 aliphatic heterocycles. The Morgan fingerprint density at radius 3 is 2.33 bits per heavy atom. The molecule has 6 heteroatoms. The molecule has 5 nitrogen and oxygen atoms in total. The van der Waals surface area contributed by atoms with E-state index in [0.29, 0.717) is 18.6 Å². The number of hydrogen-bond acceptors (Lipinski definition) is 4. The maximum Gasteiger partial charge on any atom is 0.379 e. The van der Waals surface area contributed by atoms with Gasteiger partial charge in [-0.05, 0) is 13.8 Å². The highest BCUT2D eigenvalue weighted by Gasteiger charge is 2.28. The minimum absolute atomic E-state index is 0.345. The molecule has 86 valence electrons. The van der Waals surface area contributed by atoms with Gasteiger partial charge in [-0.2, -0.15) is 0 Å². The minimum atomic E-state index is -3.18. The molecular weight excluding hydrogens is 215 g/mol. The van der Waals surface area contributed by atoms with E-state index in [-0.39, 0.29) is 0 Å². The average molecular weight is 232 g/mol. The van der Waals surface area contributed by atoms with Crippen molar-refractivity contribution in [2.75, 3.05) is 13.2 Å². The second kappa shape index (κ2) is 5.45. The van der Waals surface area contributed by atoms with E-state index in [4.69, 9.17) is 9.05 Å². The van der Waals surface area contributed by atoms with Crippen LogP contribution in [-0.4, -0.2) is 23.2 Å². The lowest BCUT2D eigenvalue weighted by Crippen LogP contribution is -2.11. The fourth-order valence-electron chi connectivity index (χ4n) is 1.19. The van der Waals surface area contributed by atoms with Gasteiger partial charge in [0.15, 0.2) is 0 Å². The van der Waals surface area contributed by atoms with E-state index in [1.165, 1.54) is 6.20 Å². The summed E-state index contributed by atoms with van der Waals surface area (Å²) >= 11 is 0. The minimum Gasteiger partial charge on any atom is -0.336 e. The van der Waals surface area contributed by atoms with Crippen LogP contribution in [0.1, 0.15) is 26.6 Å². The first-order valence-corrected chi connectivity index (χ1v) is 6.64. The van der Waals surface area contributed by atoms with Crippen LogP contribution in [0.2, 0.25) is 0 Å². The molecule has 0 radical (unpaired) electrons. The fraction of sp³-hybridized carbons (Fsp3) is 0.667. The van der Waals surface area contributed by atoms with Gasteiger partial charge in [0, 0.05) is 6.42 Å². The molecule has 0 saturated heterocycles. The molecular formula is C9H17N2O3P. The third kappa shape index (κ3) is 2.91. The molecule has 0 atom stereocenters. The third-order valence-electron chi connectivity index (χ3n) is 1.84. The van der Waals surface area contributed by atoms with E-state index in [1.54, 1.807) is 13.8 Å². The first-order chi connectivity index (χ1) is 7.16. The summed E-state index contributed by atoms with van der Waals surface area (Å²) < 4.78 is 22.6. The SMILES string of the molecule is CCOP(=O)(OCC)c1cnc(CC)[nH]1. The van der Waals surface area contributed by atoms with Gasteiger partial charge in [-0.3, -0.25) is 4.57 Å². The highest BCUT2D eigenvalue weighted by molar-refractivity contribution is 7.61. The van der Waals surface area contributed by atoms with E-state index in [0.717, 1.165) is 12.2 Å². The van der Waals surface area contributed by atoms with Crippen molar-refractivity contribution < 1.29 is 13.6 Å². The summed E-state index contributed by atoms with van der Waals surface area (Å²) in [5.74, 6) is 0.782. The fourth-order valence-corrected chi connectivity index (χ4v) is 2.68. The molecule has 1 aromatic heterocycles. The van der Waals surface area contributed by atoms with Gasteiger partial charge in [-0.1, -0.05) is 6.92 Å². The number of nitrogens with one attached hydrogen (secondary N) is 1. The molecule has 15 heavy (non-hydrogen) atoms. The summed E-state index contributed by atoms with van der Waals surface area (Å²) in [5.41, 5.74) is 0.433. The summed E-state index contributed by atoms with van der Waals surface area (Å²) in [6.07, 6.45) is 2.28. The van der Waals surface area contributed by atoms with Crippen molar-refractivity contribution in [2.45, 2.75) is 27.2 Å². The lowest BCUT2D eigenvalue weighted by molar-refractivity contribution is 0.229. The van der Waals surface area contributed by atoms with Crippen molar-refractivity contribution >= 4 is 13.0 Å². The van der Waals surface area contributed by atoms with Crippen LogP contribution in [-0.2, 0) is 20.0 Å². The van der Waals surface area contributed by atoms with Crippen LogP contribution in [0, 0.1) is 0 Å². The van der Waals surface area contributed by atoms with E-state index in [1.807, 2.05) is 6.92 Å². The van der Waals surface area contributed by atoms with Gasteiger partial charge < -0.3 is 14.0 Å². The number of aryl methyl sites for hydroxylation is 1. The normalized spacial score (nSPS) is 11.9. The quantitative estimate of drug-likeness (QED) is 0.760. The lowest BCUT2D eigenvalue weighted by Gasteiger charge is -2.14. The van der Waals surface area contributed by atoms with Gasteiger partial charge in [0.1, 0.15) is 11.3 Å². The summed E-state index contributed by atoms with van der Waals surface area (Å²) in [5, 5.41) is 0. The Balaban J connectivity index is 2.93. The zero-order valence-electron chi connectivity index (χ0n) is 9.32. The van der Waals surface area contributed by atoms with Crippen LogP contribution < -0.4 is 5.44 Å². The van der Waals surface area contributed by atoms with E-state index in [9.17, 15) is 4.57 Å². The largest absolute Gasteiger partial charge is 0.379 e. The number of H-pyrrole nitrogens is 1. The van der Waals surface area contributed by atoms with E-state index >= 15 is 0 Å². The highest BCUT2D eigenvalue weighted by Crippen LogP contribution is 2.45. The van der Waals surface area contributed by atoms with Crippen LogP contribution >= 0.6 is 7.60 Å². The van der Waals surface area contributed by atoms with Crippen molar-refractivity contribution in [3.8, 4) is 0 Å². The molecule has 1 N–H and O–H groups in total. The van der Waals surface area contributed by atoms with Gasteiger partial charge >= 0.3 is 7.60 Å². The molecule has 0 amide bonds. The monoisotopic (exact) mass is 232 g/mol. The summed E-state index contributed by atoms with van der Waals surface area (Å²) in [6, 6.07) is 0. The number of aromatic nitrogens is 2. The second-order valence-electron chi connectivity index (χ2n) is 2.90. The highest BCUT2D eigenvalue weighted by atomic mass is 31.2. The Bertz CT molecular complexity index is 341. The zero-order valence-corrected chi connectivity index (χ0v) is 10.2. The van der Waals surface area contributed by atoms with Gasteiger partial charge in [-0.15, -0.1) is 0 Å². The van der Waals surface area contributed by atoms with Crippen LogP contribution in [0.3, 0.4) is 0 Å². The van der Waals surface area contributed by atoms with Crippen LogP contribution in [0.25, 0.3) is 0 Å². The maximum atomic E-state index is 12.2. The Hall–Kier alpha value is -0.640. The third-order valence-corrected chi connectivity index (χ3v) is 3.86. The first kappa shape index (κ1) is 12.4. The molecule has 0 fully saturated rings. The molecule has 0 spiro atoms. The Labute approximate surface area is 89.7 Å². The average Bonchev–Trinajstić information content (AvgIpc) is 2.67. The smallest absolute Gasteiger partial charge is 0.336 e. The van der Waals surface area contributed by atoms with Crippen molar-refractivity contribution in [1.82, 2.24) is 9.97 Å². The van der Waals surface area contributed by atoms with Crippen molar-refractivity contribution in [3.05, 3.63) is 12.0 Å². The predicted molar refractivity (Wildman–Crippen MR) is 58.5 cm³/mol. The van der Waals surface area contributed by atoms with Gasteiger partial charge in [-0.25, -0.2) is 4.98 Å². The maximum absolute atomic E-state index is 12.2. The van der Waals surface area contributed by atoms with E-state index in [2.05, 4.69) is 9.97 Å². The predicted octanol–water partition coefficient (Wildman–Crippen LogP) is 1.86. The molecule has 1 aromatic rings. The number of rotatable bonds is 6. The Morgan fingerprint density at radius 1 is 1.33 bits per heavy atom. The van der Waals surface area contributed by atoms with Gasteiger partial charge in [0.25, 0.3) is 0 Å². The van der Waals surface area contributed by atoms with Gasteiger partial charge in [0.05, 0.1) is 19.4 Å². The zero-order chi connectivity index (χ0) is 11.3. The molecule has 1 heterocycles. The Morgan fingerprint density at radius 2 is 1.93 bits per heavy atom. The number of aromatic amines is 1. The number of imidazole rings is 1. The van der Waals surface area contributed by atoms with Crippen LogP contribution in [0.15, 0.2) is 6.20 Å². The molecule has 0 unspecified atom stereocenters. The van der Waals surface area contributed by atoms with Crippen LogP contribution in [0.5, 0.6) is 0 Å². The number of nitrogens with zero attached hydrogens (tertiary/aromatic N) is 1. The summed E-state index contributed by atoms with van der Waals surface area (Å²) in [4.78, 5) is 7.03. The number of hydrogen-bond donors (Lipinski definition) is 1. The molecule has 0 aliphatic carbocycles. The summed E-state index contributed by atoms with van der Waals surface area (Å²) in [7, 11) is -3.18. The standard InChI is InChI=1S/C9H17N2O3P/c1-4-8-10-7-9(11-8)15(12,13-5-2)14-6-3/h7H,4-6H2,1-3H3,(H,10,11). The molecule has 1 rings (SSSR count). The van der Waals surface area contributed by atoms with E-state index < -0.39 is 7.60 Å². The van der Waals surface area contributed by atoms with Crippen molar-refractivity contribution in [3.63, 3.8) is 0 Å². The van der Waals surface area contributed by atoms with Crippen molar-refractivity contribution in [1.29, 1.82) is 0 Å². The topological polar surface area (TPSA) is 64.2 Å². The lowest BCUT2D eigenvalue weighted by atomic mass is 10.5. The van der Waals surface area contributed by atoms with Gasteiger partial charge in [0.2, 0.25) is 0 Å². The second-order valence-corrected chi connectivity index (χ2v) is 4.89. The molecule has 0 saturated carbocycles.